The Morgan fingerprint density at radius 2 is 1.76 bits per heavy atom. The highest BCUT2D eigenvalue weighted by molar-refractivity contribution is 5.19. The van der Waals surface area contributed by atoms with Crippen molar-refractivity contribution in [3.8, 4) is 0 Å². The lowest BCUT2D eigenvalue weighted by Crippen LogP contribution is -2.35. The normalized spacial score (nSPS) is 19.1. The fourth-order valence-electron chi connectivity index (χ4n) is 3.98. The Morgan fingerprint density at radius 3 is 2.29 bits per heavy atom. The highest BCUT2D eigenvalue weighted by Gasteiger charge is 2.34. The van der Waals surface area contributed by atoms with Crippen LogP contribution in [0.15, 0.2) is 24.3 Å². The summed E-state index contributed by atoms with van der Waals surface area (Å²) in [5.74, 6) is 0.608. The maximum Gasteiger partial charge on any atom is 0.123 e. The largest absolute Gasteiger partial charge is 0.309 e. The predicted octanol–water partition coefficient (Wildman–Crippen LogP) is 5.47. The van der Waals surface area contributed by atoms with Crippen LogP contribution < -0.4 is 5.32 Å². The molecule has 0 aromatic heterocycles. The number of hydrogen-bond acceptors (Lipinski definition) is 1. The van der Waals surface area contributed by atoms with E-state index in [0.717, 1.165) is 18.9 Å². The van der Waals surface area contributed by atoms with Crippen LogP contribution in [-0.4, -0.2) is 6.54 Å². The molecule has 2 heteroatoms. The third kappa shape index (κ3) is 4.54. The first-order chi connectivity index (χ1) is 10.0. The summed E-state index contributed by atoms with van der Waals surface area (Å²) >= 11 is 0. The zero-order chi connectivity index (χ0) is 15.3. The molecule has 0 aliphatic heterocycles. The molecule has 1 aliphatic rings. The number of hydrogen-bond donors (Lipinski definition) is 1. The Labute approximate surface area is 129 Å². The molecule has 1 aliphatic carbocycles. The maximum absolute atomic E-state index is 13.1. The van der Waals surface area contributed by atoms with Crippen LogP contribution in [0.3, 0.4) is 0 Å². The molecule has 1 aromatic carbocycles. The van der Waals surface area contributed by atoms with Gasteiger partial charge in [-0.2, -0.15) is 0 Å². The van der Waals surface area contributed by atoms with Crippen molar-refractivity contribution in [2.75, 3.05) is 6.54 Å². The van der Waals surface area contributed by atoms with Crippen LogP contribution in [0, 0.1) is 17.2 Å². The molecule has 0 saturated heterocycles. The first kappa shape index (κ1) is 16.5. The van der Waals surface area contributed by atoms with E-state index in [1.807, 2.05) is 12.1 Å². The zero-order valence-electron chi connectivity index (χ0n) is 13.8. The van der Waals surface area contributed by atoms with Gasteiger partial charge >= 0.3 is 0 Å². The van der Waals surface area contributed by atoms with E-state index in [1.165, 1.54) is 37.7 Å². The van der Waals surface area contributed by atoms with Gasteiger partial charge in [-0.25, -0.2) is 4.39 Å². The van der Waals surface area contributed by atoms with Gasteiger partial charge in [-0.3, -0.25) is 0 Å². The molecule has 21 heavy (non-hydrogen) atoms. The second kappa shape index (κ2) is 7.40. The Morgan fingerprint density at radius 1 is 1.14 bits per heavy atom. The fourth-order valence-corrected chi connectivity index (χ4v) is 3.98. The molecule has 0 amide bonds. The van der Waals surface area contributed by atoms with Gasteiger partial charge < -0.3 is 5.32 Å². The van der Waals surface area contributed by atoms with Crippen LogP contribution in [0.1, 0.15) is 70.9 Å². The maximum atomic E-state index is 13.1. The SMILES string of the molecule is CCC(NCC1(CC(C)C)CCCC1)c1ccc(F)cc1. The van der Waals surface area contributed by atoms with E-state index in [0.29, 0.717) is 11.5 Å². The van der Waals surface area contributed by atoms with E-state index < -0.39 is 0 Å². The second-order valence-electron chi connectivity index (χ2n) is 7.20. The van der Waals surface area contributed by atoms with Crippen molar-refractivity contribution >= 4 is 0 Å². The topological polar surface area (TPSA) is 12.0 Å². The Bertz CT molecular complexity index is 418. The van der Waals surface area contributed by atoms with Gasteiger partial charge in [-0.15, -0.1) is 0 Å². The fraction of sp³-hybridized carbons (Fsp3) is 0.684. The molecule has 0 spiro atoms. The highest BCUT2D eigenvalue weighted by atomic mass is 19.1. The summed E-state index contributed by atoms with van der Waals surface area (Å²) in [6.07, 6.45) is 7.84. The van der Waals surface area contributed by atoms with Crippen LogP contribution >= 0.6 is 0 Å². The van der Waals surface area contributed by atoms with E-state index in [2.05, 4.69) is 26.1 Å². The van der Waals surface area contributed by atoms with Gasteiger partial charge in [0.25, 0.3) is 0 Å². The minimum Gasteiger partial charge on any atom is -0.309 e. The summed E-state index contributed by atoms with van der Waals surface area (Å²) in [5, 5.41) is 3.77. The summed E-state index contributed by atoms with van der Waals surface area (Å²) < 4.78 is 13.1. The summed E-state index contributed by atoms with van der Waals surface area (Å²) in [6.45, 7) is 7.96. The van der Waals surface area contributed by atoms with Gasteiger partial charge in [0.05, 0.1) is 0 Å². The van der Waals surface area contributed by atoms with Crippen LogP contribution in [0.5, 0.6) is 0 Å². The van der Waals surface area contributed by atoms with Crippen LogP contribution in [-0.2, 0) is 0 Å². The quantitative estimate of drug-likeness (QED) is 0.702. The van der Waals surface area contributed by atoms with Crippen molar-refractivity contribution in [2.24, 2.45) is 11.3 Å². The van der Waals surface area contributed by atoms with E-state index in [4.69, 9.17) is 0 Å². The molecule has 1 N–H and O–H groups in total. The molecule has 1 unspecified atom stereocenters. The van der Waals surface area contributed by atoms with Gasteiger partial charge in [-0.1, -0.05) is 45.7 Å². The lowest BCUT2D eigenvalue weighted by Gasteiger charge is -2.33. The van der Waals surface area contributed by atoms with Crippen LogP contribution in [0.4, 0.5) is 4.39 Å². The molecule has 118 valence electrons. The number of halogens is 1. The third-order valence-corrected chi connectivity index (χ3v) is 4.91. The number of benzene rings is 1. The van der Waals surface area contributed by atoms with Crippen molar-refractivity contribution < 1.29 is 4.39 Å². The molecule has 0 radical (unpaired) electrons. The monoisotopic (exact) mass is 291 g/mol. The van der Waals surface area contributed by atoms with Gasteiger partial charge in [0, 0.05) is 12.6 Å². The van der Waals surface area contributed by atoms with Gasteiger partial charge in [-0.05, 0) is 54.7 Å². The second-order valence-corrected chi connectivity index (χ2v) is 7.20. The molecule has 0 bridgehead atoms. The summed E-state index contributed by atoms with van der Waals surface area (Å²) in [6, 6.07) is 7.31. The van der Waals surface area contributed by atoms with E-state index in [-0.39, 0.29) is 5.82 Å². The predicted molar refractivity (Wildman–Crippen MR) is 87.8 cm³/mol. The molecule has 1 nitrogen and oxygen atoms in total. The van der Waals surface area contributed by atoms with E-state index in [1.54, 1.807) is 12.1 Å². The summed E-state index contributed by atoms with van der Waals surface area (Å²) in [5.41, 5.74) is 1.69. The van der Waals surface area contributed by atoms with Gasteiger partial charge in [0.1, 0.15) is 5.82 Å². The minimum absolute atomic E-state index is 0.152. The Kier molecular flexibility index (Phi) is 5.80. The third-order valence-electron chi connectivity index (χ3n) is 4.91. The number of rotatable bonds is 7. The van der Waals surface area contributed by atoms with Crippen LogP contribution in [0.2, 0.25) is 0 Å². The first-order valence-corrected chi connectivity index (χ1v) is 8.53. The summed E-state index contributed by atoms with van der Waals surface area (Å²) in [7, 11) is 0. The van der Waals surface area contributed by atoms with Crippen molar-refractivity contribution in [3.05, 3.63) is 35.6 Å². The average Bonchev–Trinajstić information content (AvgIpc) is 2.89. The molecule has 1 aromatic rings. The van der Waals surface area contributed by atoms with Gasteiger partial charge in [0.2, 0.25) is 0 Å². The lowest BCUT2D eigenvalue weighted by molar-refractivity contribution is 0.214. The smallest absolute Gasteiger partial charge is 0.123 e. The molecule has 0 heterocycles. The van der Waals surface area contributed by atoms with E-state index in [9.17, 15) is 4.39 Å². The van der Waals surface area contributed by atoms with Crippen molar-refractivity contribution in [2.45, 2.75) is 65.3 Å². The van der Waals surface area contributed by atoms with E-state index >= 15 is 0 Å². The minimum atomic E-state index is -0.152. The molecule has 1 saturated carbocycles. The van der Waals surface area contributed by atoms with Crippen LogP contribution in [0.25, 0.3) is 0 Å². The lowest BCUT2D eigenvalue weighted by atomic mass is 9.78. The highest BCUT2D eigenvalue weighted by Crippen LogP contribution is 2.43. The van der Waals surface area contributed by atoms with Gasteiger partial charge in [0.15, 0.2) is 0 Å². The molecule has 2 rings (SSSR count). The summed E-state index contributed by atoms with van der Waals surface area (Å²) in [4.78, 5) is 0. The molecule has 1 atom stereocenters. The molecule has 1 fully saturated rings. The first-order valence-electron chi connectivity index (χ1n) is 8.53. The Hall–Kier alpha value is -0.890. The molecular weight excluding hydrogens is 261 g/mol. The Balaban J connectivity index is 1.99. The van der Waals surface area contributed by atoms with Crippen molar-refractivity contribution in [1.82, 2.24) is 5.32 Å². The molecular formula is C19H30FN. The van der Waals surface area contributed by atoms with Crippen molar-refractivity contribution in [3.63, 3.8) is 0 Å². The standard InChI is InChI=1S/C19H30FN/c1-4-18(16-7-9-17(20)10-8-16)21-14-19(13-15(2)3)11-5-6-12-19/h7-10,15,18,21H,4-6,11-14H2,1-3H3. The average molecular weight is 291 g/mol. The zero-order valence-corrected chi connectivity index (χ0v) is 13.8. The number of nitrogens with one attached hydrogen (secondary N) is 1. The van der Waals surface area contributed by atoms with Crippen molar-refractivity contribution in [1.29, 1.82) is 0 Å².